The number of thiocarbonyl (C=S) groups is 1. The summed E-state index contributed by atoms with van der Waals surface area (Å²) in [6, 6.07) is 5.75. The molecule has 3 aliphatic rings. The van der Waals surface area contributed by atoms with E-state index < -0.39 is 4.92 Å². The van der Waals surface area contributed by atoms with Gasteiger partial charge in [-0.05, 0) is 42.6 Å². The van der Waals surface area contributed by atoms with E-state index in [0.717, 1.165) is 6.42 Å². The Hall–Kier alpha value is -2.81. The fourth-order valence-electron chi connectivity index (χ4n) is 4.23. The first-order valence-corrected chi connectivity index (χ1v) is 9.08. The fourth-order valence-corrected chi connectivity index (χ4v) is 4.44. The second-order valence-electron chi connectivity index (χ2n) is 6.89. The van der Waals surface area contributed by atoms with Gasteiger partial charge >= 0.3 is 0 Å². The van der Waals surface area contributed by atoms with Crippen molar-refractivity contribution in [2.75, 3.05) is 18.5 Å². The van der Waals surface area contributed by atoms with Crippen LogP contribution in [0.2, 0.25) is 0 Å². The third kappa shape index (κ3) is 3.08. The Labute approximate surface area is 160 Å². The standard InChI is InChI=1S/C18H17N3O5S/c22-16-14-10-1-2-11(9-10)15(14)17(23)20(16)7-8-26-18(27)19-12-3-5-13(6-4-12)21(24)25/h1-6,10-11,14-15H,7-9H2,(H,19,27)/t10?,11?,14-,15+. The number of amides is 2. The van der Waals surface area contributed by atoms with Crippen molar-refractivity contribution in [3.63, 3.8) is 0 Å². The Bertz CT molecular complexity index is 823. The third-order valence-electron chi connectivity index (χ3n) is 5.43. The lowest BCUT2D eigenvalue weighted by Gasteiger charge is -2.17. The van der Waals surface area contributed by atoms with Crippen LogP contribution in [0.1, 0.15) is 6.42 Å². The summed E-state index contributed by atoms with van der Waals surface area (Å²) in [5.41, 5.74) is 0.531. The minimum Gasteiger partial charge on any atom is -0.469 e. The van der Waals surface area contributed by atoms with E-state index >= 15 is 0 Å². The van der Waals surface area contributed by atoms with Crippen molar-refractivity contribution in [1.82, 2.24) is 4.90 Å². The summed E-state index contributed by atoms with van der Waals surface area (Å²) in [7, 11) is 0. The molecule has 2 bridgehead atoms. The Balaban J connectivity index is 1.27. The average molecular weight is 387 g/mol. The molecule has 4 atom stereocenters. The predicted molar refractivity (Wildman–Crippen MR) is 99.7 cm³/mol. The van der Waals surface area contributed by atoms with E-state index in [1.165, 1.54) is 29.2 Å². The van der Waals surface area contributed by atoms with Crippen LogP contribution in [0.5, 0.6) is 0 Å². The number of anilines is 1. The van der Waals surface area contributed by atoms with E-state index in [2.05, 4.69) is 17.5 Å². The zero-order valence-electron chi connectivity index (χ0n) is 14.2. The molecule has 2 aliphatic carbocycles. The number of hydrogen-bond acceptors (Lipinski definition) is 6. The lowest BCUT2D eigenvalue weighted by atomic mass is 9.85. The number of nitrogens with zero attached hydrogens (tertiary/aromatic N) is 2. The molecule has 8 nitrogen and oxygen atoms in total. The molecule has 9 heteroatoms. The molecule has 0 radical (unpaired) electrons. The SMILES string of the molecule is O=C1[C@@H]2C3C=CC(C3)[C@@H]2C(=O)N1CCOC(=S)Nc1ccc([N+](=O)[O-])cc1. The van der Waals surface area contributed by atoms with Crippen LogP contribution >= 0.6 is 12.2 Å². The van der Waals surface area contributed by atoms with Crippen LogP contribution in [0, 0.1) is 33.8 Å². The molecular weight excluding hydrogens is 370 g/mol. The lowest BCUT2D eigenvalue weighted by molar-refractivity contribution is -0.384. The maximum absolute atomic E-state index is 12.6. The summed E-state index contributed by atoms with van der Waals surface area (Å²) in [5, 5.41) is 13.5. The van der Waals surface area contributed by atoms with Gasteiger partial charge in [0.15, 0.2) is 0 Å². The van der Waals surface area contributed by atoms with Crippen LogP contribution in [-0.2, 0) is 14.3 Å². The van der Waals surface area contributed by atoms with Gasteiger partial charge in [-0.1, -0.05) is 12.2 Å². The predicted octanol–water partition coefficient (Wildman–Crippen LogP) is 2.12. The molecular formula is C18H17N3O5S. The summed E-state index contributed by atoms with van der Waals surface area (Å²) in [6.07, 6.45) is 5.01. The van der Waals surface area contributed by atoms with Gasteiger partial charge in [-0.25, -0.2) is 0 Å². The Morgan fingerprint density at radius 1 is 1.19 bits per heavy atom. The lowest BCUT2D eigenvalue weighted by Crippen LogP contribution is -2.36. The number of rotatable bonds is 5. The van der Waals surface area contributed by atoms with Crippen molar-refractivity contribution in [1.29, 1.82) is 0 Å². The van der Waals surface area contributed by atoms with Crippen LogP contribution < -0.4 is 5.32 Å². The number of hydrogen-bond donors (Lipinski definition) is 1. The quantitative estimate of drug-likeness (QED) is 0.271. The van der Waals surface area contributed by atoms with E-state index in [9.17, 15) is 19.7 Å². The van der Waals surface area contributed by atoms with Gasteiger partial charge in [0.25, 0.3) is 10.9 Å². The molecule has 1 N–H and O–H groups in total. The number of nitro benzene ring substituents is 1. The average Bonchev–Trinajstić information content (AvgIpc) is 3.31. The van der Waals surface area contributed by atoms with Crippen molar-refractivity contribution in [2.45, 2.75) is 6.42 Å². The highest BCUT2D eigenvalue weighted by Crippen LogP contribution is 2.52. The van der Waals surface area contributed by atoms with Gasteiger partial charge in [-0.15, -0.1) is 0 Å². The molecule has 2 fully saturated rings. The first-order chi connectivity index (χ1) is 13.0. The zero-order chi connectivity index (χ0) is 19.1. The Morgan fingerprint density at radius 2 is 1.78 bits per heavy atom. The van der Waals surface area contributed by atoms with Gasteiger partial charge in [0, 0.05) is 17.8 Å². The number of nitro groups is 1. The second-order valence-corrected chi connectivity index (χ2v) is 7.26. The number of nitrogens with one attached hydrogen (secondary N) is 1. The molecule has 140 valence electrons. The number of carbonyl (C=O) groups is 2. The molecule has 0 aromatic heterocycles. The minimum absolute atomic E-state index is 0.0209. The molecule has 1 aromatic carbocycles. The summed E-state index contributed by atoms with van der Waals surface area (Å²) < 4.78 is 5.40. The van der Waals surface area contributed by atoms with Gasteiger partial charge in [0.2, 0.25) is 11.8 Å². The van der Waals surface area contributed by atoms with Crippen molar-refractivity contribution in [2.24, 2.45) is 23.7 Å². The van der Waals surface area contributed by atoms with Crippen molar-refractivity contribution < 1.29 is 19.2 Å². The summed E-state index contributed by atoms with van der Waals surface area (Å²) in [5.74, 6) is -0.269. The van der Waals surface area contributed by atoms with Crippen molar-refractivity contribution in [3.05, 3.63) is 46.5 Å². The molecule has 1 heterocycles. The summed E-state index contributed by atoms with van der Waals surface area (Å²) in [4.78, 5) is 36.5. The molecule has 2 amide bonds. The Kier molecular flexibility index (Phi) is 4.39. The topological polar surface area (TPSA) is 102 Å². The maximum atomic E-state index is 12.6. The normalized spacial score (nSPS) is 27.8. The molecule has 0 spiro atoms. The van der Waals surface area contributed by atoms with Gasteiger partial charge < -0.3 is 10.1 Å². The number of fused-ring (bicyclic) bond motifs is 5. The van der Waals surface area contributed by atoms with E-state index in [1.807, 2.05) is 0 Å². The molecule has 1 saturated heterocycles. The summed E-state index contributed by atoms with van der Waals surface area (Å²) >= 11 is 5.08. The number of ether oxygens (including phenoxy) is 1. The van der Waals surface area contributed by atoms with Gasteiger partial charge in [0.05, 0.1) is 23.3 Å². The maximum Gasteiger partial charge on any atom is 0.269 e. The van der Waals surface area contributed by atoms with Gasteiger partial charge in [0.1, 0.15) is 6.61 Å². The summed E-state index contributed by atoms with van der Waals surface area (Å²) in [6.45, 7) is 0.255. The van der Waals surface area contributed by atoms with Crippen molar-refractivity contribution >= 4 is 40.6 Å². The molecule has 2 unspecified atom stereocenters. The van der Waals surface area contributed by atoms with Crippen LogP contribution in [0.3, 0.4) is 0 Å². The van der Waals surface area contributed by atoms with E-state index in [-0.39, 0.29) is 59.5 Å². The van der Waals surface area contributed by atoms with Crippen molar-refractivity contribution in [3.8, 4) is 0 Å². The number of allylic oxidation sites excluding steroid dienone is 2. The van der Waals surface area contributed by atoms with E-state index in [0.29, 0.717) is 5.69 Å². The van der Waals surface area contributed by atoms with E-state index in [1.54, 1.807) is 0 Å². The second kappa shape index (κ2) is 6.73. The monoisotopic (exact) mass is 387 g/mol. The number of likely N-dealkylation sites (tertiary alicyclic amines) is 1. The molecule has 27 heavy (non-hydrogen) atoms. The molecule has 1 saturated carbocycles. The highest BCUT2D eigenvalue weighted by molar-refractivity contribution is 7.80. The van der Waals surface area contributed by atoms with E-state index in [4.69, 9.17) is 17.0 Å². The minimum atomic E-state index is -0.486. The smallest absolute Gasteiger partial charge is 0.269 e. The number of non-ortho nitro benzene ring substituents is 1. The van der Waals surface area contributed by atoms with Crippen LogP contribution in [0.25, 0.3) is 0 Å². The van der Waals surface area contributed by atoms with Gasteiger partial charge in [-0.3, -0.25) is 24.6 Å². The van der Waals surface area contributed by atoms with Crippen LogP contribution in [0.4, 0.5) is 11.4 Å². The Morgan fingerprint density at radius 3 is 2.33 bits per heavy atom. The number of imide groups is 1. The number of carbonyl (C=O) groups excluding carboxylic acids is 2. The fraction of sp³-hybridized carbons (Fsp3) is 0.389. The first kappa shape index (κ1) is 17.6. The zero-order valence-corrected chi connectivity index (χ0v) is 15.1. The highest BCUT2D eigenvalue weighted by atomic mass is 32.1. The molecule has 4 rings (SSSR count). The highest BCUT2D eigenvalue weighted by Gasteiger charge is 2.59. The first-order valence-electron chi connectivity index (χ1n) is 8.67. The van der Waals surface area contributed by atoms with Crippen LogP contribution in [-0.4, -0.2) is 40.0 Å². The number of benzene rings is 1. The van der Waals surface area contributed by atoms with Crippen LogP contribution in [0.15, 0.2) is 36.4 Å². The third-order valence-corrected chi connectivity index (χ3v) is 5.65. The molecule has 1 aliphatic heterocycles. The molecule has 1 aromatic rings. The largest absolute Gasteiger partial charge is 0.469 e. The van der Waals surface area contributed by atoms with Gasteiger partial charge in [-0.2, -0.15) is 0 Å².